The van der Waals surface area contributed by atoms with Gasteiger partial charge in [0, 0.05) is 11.4 Å². The quantitative estimate of drug-likeness (QED) is 0.596. The van der Waals surface area contributed by atoms with Crippen LogP contribution in [0.25, 0.3) is 0 Å². The minimum atomic E-state index is -0.775. The predicted molar refractivity (Wildman–Crippen MR) is 66.0 cm³/mol. The van der Waals surface area contributed by atoms with Crippen molar-refractivity contribution >= 4 is 11.8 Å². The largest absolute Gasteiger partial charge is 0.389 e. The fourth-order valence-electron chi connectivity index (χ4n) is 1.30. The van der Waals surface area contributed by atoms with Gasteiger partial charge in [-0.3, -0.25) is 0 Å². The second-order valence-corrected chi connectivity index (χ2v) is 5.28. The van der Waals surface area contributed by atoms with E-state index >= 15 is 0 Å². The number of hydrogen-bond acceptors (Lipinski definition) is 3. The third-order valence-electron chi connectivity index (χ3n) is 2.36. The molecule has 1 aromatic carbocycles. The summed E-state index contributed by atoms with van der Waals surface area (Å²) in [4.78, 5) is 0.924. The molecule has 0 aliphatic rings. The fourth-order valence-corrected chi connectivity index (χ4v) is 2.20. The van der Waals surface area contributed by atoms with Gasteiger partial charge in [-0.1, -0.05) is 6.07 Å². The van der Waals surface area contributed by atoms with Crippen LogP contribution in [0.4, 0.5) is 4.39 Å². The normalized spacial score (nSPS) is 14.8. The lowest BCUT2D eigenvalue weighted by Gasteiger charge is -2.20. The van der Waals surface area contributed by atoms with Gasteiger partial charge in [-0.15, -0.1) is 11.8 Å². The number of nitrogens with two attached hydrogens (primary N) is 1. The zero-order valence-corrected chi connectivity index (χ0v) is 10.3. The number of aliphatic hydroxyl groups is 1. The van der Waals surface area contributed by atoms with Crippen molar-refractivity contribution in [3.05, 3.63) is 30.1 Å². The first kappa shape index (κ1) is 13.5. The highest BCUT2D eigenvalue weighted by molar-refractivity contribution is 7.99. The molecular weight excluding hydrogens is 225 g/mol. The van der Waals surface area contributed by atoms with Crippen molar-refractivity contribution in [3.8, 4) is 0 Å². The summed E-state index contributed by atoms with van der Waals surface area (Å²) in [6, 6.07) is 6.54. The van der Waals surface area contributed by atoms with Gasteiger partial charge in [0.1, 0.15) is 5.82 Å². The average Bonchev–Trinajstić information content (AvgIpc) is 2.25. The second kappa shape index (κ2) is 6.23. The molecule has 1 unspecified atom stereocenters. The highest BCUT2D eigenvalue weighted by Crippen LogP contribution is 2.21. The van der Waals surface area contributed by atoms with Crippen molar-refractivity contribution in [1.82, 2.24) is 0 Å². The smallest absolute Gasteiger partial charge is 0.124 e. The van der Waals surface area contributed by atoms with E-state index in [-0.39, 0.29) is 12.4 Å². The second-order valence-electron chi connectivity index (χ2n) is 4.11. The molecule has 0 aromatic heterocycles. The molecule has 0 saturated carbocycles. The highest BCUT2D eigenvalue weighted by Gasteiger charge is 2.16. The van der Waals surface area contributed by atoms with E-state index in [1.807, 2.05) is 6.07 Å². The monoisotopic (exact) mass is 243 g/mol. The first-order valence-corrected chi connectivity index (χ1v) is 6.33. The van der Waals surface area contributed by atoms with Crippen LogP contribution >= 0.6 is 11.8 Å². The third-order valence-corrected chi connectivity index (χ3v) is 3.44. The highest BCUT2D eigenvalue weighted by atomic mass is 32.2. The molecule has 0 bridgehead atoms. The minimum absolute atomic E-state index is 0.209. The molecule has 0 heterocycles. The Morgan fingerprint density at radius 2 is 2.25 bits per heavy atom. The van der Waals surface area contributed by atoms with Crippen molar-refractivity contribution in [3.63, 3.8) is 0 Å². The molecule has 90 valence electrons. The summed E-state index contributed by atoms with van der Waals surface area (Å²) in [5, 5.41) is 9.67. The van der Waals surface area contributed by atoms with Crippen molar-refractivity contribution in [2.75, 3.05) is 12.3 Å². The van der Waals surface area contributed by atoms with Crippen molar-refractivity contribution in [2.24, 2.45) is 5.73 Å². The lowest BCUT2D eigenvalue weighted by Crippen LogP contribution is -2.34. The Morgan fingerprint density at radius 3 is 2.88 bits per heavy atom. The van der Waals surface area contributed by atoms with E-state index in [0.717, 1.165) is 17.1 Å². The zero-order valence-electron chi connectivity index (χ0n) is 9.45. The topological polar surface area (TPSA) is 46.2 Å². The van der Waals surface area contributed by atoms with Gasteiger partial charge in [0.05, 0.1) is 5.60 Å². The van der Waals surface area contributed by atoms with Crippen LogP contribution in [0.15, 0.2) is 29.2 Å². The maximum Gasteiger partial charge on any atom is 0.124 e. The van der Waals surface area contributed by atoms with Gasteiger partial charge >= 0.3 is 0 Å². The van der Waals surface area contributed by atoms with Gasteiger partial charge in [0.2, 0.25) is 0 Å². The molecule has 0 aliphatic carbocycles. The van der Waals surface area contributed by atoms with Gasteiger partial charge in [-0.05, 0) is 43.7 Å². The van der Waals surface area contributed by atoms with Crippen LogP contribution in [-0.2, 0) is 0 Å². The molecule has 2 nitrogen and oxygen atoms in total. The van der Waals surface area contributed by atoms with Gasteiger partial charge in [-0.2, -0.15) is 0 Å². The SMILES string of the molecule is CC(O)(CN)CCCSc1cccc(F)c1. The van der Waals surface area contributed by atoms with Crippen LogP contribution in [0.3, 0.4) is 0 Å². The molecule has 0 spiro atoms. The number of halogens is 1. The van der Waals surface area contributed by atoms with E-state index in [9.17, 15) is 9.50 Å². The standard InChI is InChI=1S/C12H18FNOS/c1-12(15,9-14)6-3-7-16-11-5-2-4-10(13)8-11/h2,4-5,8,15H,3,6-7,9,14H2,1H3. The predicted octanol–water partition coefficient (Wildman–Crippen LogP) is 2.41. The van der Waals surface area contributed by atoms with Crippen molar-refractivity contribution < 1.29 is 9.50 Å². The van der Waals surface area contributed by atoms with Crippen LogP contribution in [0, 0.1) is 5.82 Å². The van der Waals surface area contributed by atoms with Crippen molar-refractivity contribution in [1.29, 1.82) is 0 Å². The molecule has 4 heteroatoms. The number of thioether (sulfide) groups is 1. The molecule has 3 N–H and O–H groups in total. The Hall–Kier alpha value is -0.580. The van der Waals surface area contributed by atoms with E-state index in [0.29, 0.717) is 6.42 Å². The zero-order chi connectivity index (χ0) is 12.0. The first-order valence-electron chi connectivity index (χ1n) is 5.34. The Morgan fingerprint density at radius 1 is 1.50 bits per heavy atom. The van der Waals surface area contributed by atoms with Crippen LogP contribution in [-0.4, -0.2) is 23.0 Å². The molecule has 0 radical (unpaired) electrons. The summed E-state index contributed by atoms with van der Waals surface area (Å²) in [7, 11) is 0. The van der Waals surface area contributed by atoms with Crippen LogP contribution in [0.2, 0.25) is 0 Å². The summed E-state index contributed by atoms with van der Waals surface area (Å²) >= 11 is 1.59. The summed E-state index contributed by atoms with van der Waals surface area (Å²) in [6.07, 6.45) is 1.54. The summed E-state index contributed by atoms with van der Waals surface area (Å²) < 4.78 is 12.9. The van der Waals surface area contributed by atoms with E-state index in [2.05, 4.69) is 0 Å². The van der Waals surface area contributed by atoms with Crippen LogP contribution < -0.4 is 5.73 Å². The van der Waals surface area contributed by atoms with E-state index in [1.165, 1.54) is 12.1 Å². The van der Waals surface area contributed by atoms with Crippen LogP contribution in [0.5, 0.6) is 0 Å². The summed E-state index contributed by atoms with van der Waals surface area (Å²) in [6.45, 7) is 2.01. The average molecular weight is 243 g/mol. The molecule has 0 saturated heterocycles. The van der Waals surface area contributed by atoms with Gasteiger partial charge in [0.15, 0.2) is 0 Å². The fraction of sp³-hybridized carbons (Fsp3) is 0.500. The molecule has 0 fully saturated rings. The number of rotatable bonds is 6. The molecule has 1 atom stereocenters. The van der Waals surface area contributed by atoms with E-state index < -0.39 is 5.60 Å². The van der Waals surface area contributed by atoms with Crippen LogP contribution in [0.1, 0.15) is 19.8 Å². The lowest BCUT2D eigenvalue weighted by molar-refractivity contribution is 0.0596. The minimum Gasteiger partial charge on any atom is -0.389 e. The molecule has 16 heavy (non-hydrogen) atoms. The molecular formula is C12H18FNOS. The van der Waals surface area contributed by atoms with Gasteiger partial charge in [-0.25, -0.2) is 4.39 Å². The first-order chi connectivity index (χ1) is 7.53. The van der Waals surface area contributed by atoms with Gasteiger partial charge in [0.25, 0.3) is 0 Å². The van der Waals surface area contributed by atoms with Crippen molar-refractivity contribution in [2.45, 2.75) is 30.3 Å². The Bertz CT molecular complexity index is 331. The maximum atomic E-state index is 12.9. The molecule has 1 rings (SSSR count). The molecule has 1 aromatic rings. The van der Waals surface area contributed by atoms with Gasteiger partial charge < -0.3 is 10.8 Å². The van der Waals surface area contributed by atoms with E-state index in [1.54, 1.807) is 24.8 Å². The Balaban J connectivity index is 2.26. The Labute approximate surface area is 100 Å². The molecule has 0 amide bonds. The summed E-state index contributed by atoms with van der Waals surface area (Å²) in [5.41, 5.74) is 4.64. The number of benzene rings is 1. The third kappa shape index (κ3) is 4.96. The number of hydrogen-bond donors (Lipinski definition) is 2. The molecule has 0 aliphatic heterocycles. The lowest BCUT2D eigenvalue weighted by atomic mass is 10.0. The Kier molecular flexibility index (Phi) is 5.25. The van der Waals surface area contributed by atoms with E-state index in [4.69, 9.17) is 5.73 Å². The maximum absolute atomic E-state index is 12.9. The summed E-state index contributed by atoms with van der Waals surface area (Å²) in [5.74, 6) is 0.651.